The normalized spacial score (nSPS) is 11.4. The van der Waals surface area contributed by atoms with E-state index in [-0.39, 0.29) is 12.4 Å². The number of ketones is 1. The number of carbonyl (C=O) groups excluding carboxylic acids is 2. The van der Waals surface area contributed by atoms with Crippen LogP contribution in [0.4, 0.5) is 0 Å². The fraction of sp³-hybridized carbons (Fsp3) is 0.167. The maximum atomic E-state index is 12.9. The van der Waals surface area contributed by atoms with E-state index in [1.54, 1.807) is 18.2 Å². The largest absolute Gasteiger partial charge is 0.493 e. The molecule has 0 radical (unpaired) electrons. The van der Waals surface area contributed by atoms with E-state index in [1.807, 2.05) is 60.7 Å². The van der Waals surface area contributed by atoms with E-state index in [2.05, 4.69) is 0 Å². The third-order valence-electron chi connectivity index (χ3n) is 4.36. The van der Waals surface area contributed by atoms with Crippen molar-refractivity contribution in [3.05, 3.63) is 90.0 Å². The summed E-state index contributed by atoms with van der Waals surface area (Å²) >= 11 is 1.39. The molecule has 0 aliphatic rings. The fourth-order valence-corrected chi connectivity index (χ4v) is 3.86. The van der Waals surface area contributed by atoms with Crippen LogP contribution in [0, 0.1) is 0 Å². The molecule has 0 fully saturated rings. The average Bonchev–Trinajstić information content (AvgIpc) is 2.81. The number of benzene rings is 3. The van der Waals surface area contributed by atoms with Gasteiger partial charge < -0.3 is 14.2 Å². The highest BCUT2D eigenvalue weighted by Crippen LogP contribution is 2.36. The highest BCUT2D eigenvalue weighted by molar-refractivity contribution is 8.00. The molecule has 154 valence electrons. The number of methoxy groups -OCH3 is 2. The van der Waals surface area contributed by atoms with Gasteiger partial charge in [0.1, 0.15) is 5.25 Å². The topological polar surface area (TPSA) is 61.8 Å². The third kappa shape index (κ3) is 5.42. The van der Waals surface area contributed by atoms with E-state index in [0.29, 0.717) is 17.1 Å². The molecule has 30 heavy (non-hydrogen) atoms. The van der Waals surface area contributed by atoms with Crippen LogP contribution in [0.25, 0.3) is 0 Å². The summed E-state index contributed by atoms with van der Waals surface area (Å²) in [7, 11) is 3.02. The lowest BCUT2D eigenvalue weighted by Gasteiger charge is -2.16. The summed E-state index contributed by atoms with van der Waals surface area (Å²) < 4.78 is 15.8. The average molecular weight is 423 g/mol. The van der Waals surface area contributed by atoms with Gasteiger partial charge in [-0.2, -0.15) is 0 Å². The highest BCUT2D eigenvalue weighted by atomic mass is 32.2. The lowest BCUT2D eigenvalue weighted by Crippen LogP contribution is -2.18. The Hall–Kier alpha value is -3.25. The van der Waals surface area contributed by atoms with Crippen LogP contribution < -0.4 is 9.47 Å². The minimum Gasteiger partial charge on any atom is -0.493 e. The summed E-state index contributed by atoms with van der Waals surface area (Å²) in [5.74, 6) is 0.177. The van der Waals surface area contributed by atoms with Crippen molar-refractivity contribution in [1.29, 1.82) is 0 Å². The molecule has 0 N–H and O–H groups in total. The number of rotatable bonds is 9. The molecule has 1 atom stereocenters. The van der Waals surface area contributed by atoms with Crippen LogP contribution in [-0.4, -0.2) is 32.6 Å². The molecule has 0 amide bonds. The molecular formula is C24H22O5S. The Bertz CT molecular complexity index is 989. The van der Waals surface area contributed by atoms with E-state index >= 15 is 0 Å². The minimum atomic E-state index is -0.577. The summed E-state index contributed by atoms with van der Waals surface area (Å²) in [4.78, 5) is 26.4. The Balaban J connectivity index is 1.72. The Labute approximate surface area is 180 Å². The standard InChI is InChI=1S/C24H22O5S/c1-27-21-14-13-18(15-22(21)28-2)20(25)16-29-24(26)23(17-9-5-3-6-10-17)30-19-11-7-4-8-12-19/h3-15,23H,16H2,1-2H3. The predicted molar refractivity (Wildman–Crippen MR) is 116 cm³/mol. The lowest BCUT2D eigenvalue weighted by atomic mass is 10.1. The van der Waals surface area contributed by atoms with Gasteiger partial charge in [-0.3, -0.25) is 9.59 Å². The Morgan fingerprint density at radius 3 is 2.10 bits per heavy atom. The Kier molecular flexibility index (Phi) is 7.51. The maximum Gasteiger partial charge on any atom is 0.324 e. The molecule has 3 aromatic carbocycles. The molecule has 0 aliphatic heterocycles. The second-order valence-corrected chi connectivity index (χ2v) is 7.50. The number of carbonyl (C=O) groups is 2. The molecule has 0 aromatic heterocycles. The van der Waals surface area contributed by atoms with E-state index in [1.165, 1.54) is 26.0 Å². The molecule has 5 nitrogen and oxygen atoms in total. The number of esters is 1. The zero-order chi connectivity index (χ0) is 21.3. The Morgan fingerprint density at radius 1 is 0.833 bits per heavy atom. The number of hydrogen-bond donors (Lipinski definition) is 0. The van der Waals surface area contributed by atoms with Gasteiger partial charge in [-0.25, -0.2) is 0 Å². The zero-order valence-corrected chi connectivity index (χ0v) is 17.6. The first-order valence-corrected chi connectivity index (χ1v) is 10.2. The molecule has 3 aromatic rings. The molecule has 0 bridgehead atoms. The first kappa shape index (κ1) is 21.5. The van der Waals surface area contributed by atoms with Crippen molar-refractivity contribution < 1.29 is 23.8 Å². The van der Waals surface area contributed by atoms with Crippen molar-refractivity contribution >= 4 is 23.5 Å². The van der Waals surface area contributed by atoms with Crippen LogP contribution in [0.2, 0.25) is 0 Å². The van der Waals surface area contributed by atoms with E-state index < -0.39 is 11.2 Å². The van der Waals surface area contributed by atoms with Gasteiger partial charge in [0.15, 0.2) is 23.9 Å². The summed E-state index contributed by atoms with van der Waals surface area (Å²) in [6.07, 6.45) is 0. The van der Waals surface area contributed by atoms with Crippen molar-refractivity contribution in [1.82, 2.24) is 0 Å². The summed E-state index contributed by atoms with van der Waals surface area (Å²) in [5.41, 5.74) is 1.20. The summed E-state index contributed by atoms with van der Waals surface area (Å²) in [6.45, 7) is -0.354. The smallest absolute Gasteiger partial charge is 0.324 e. The highest BCUT2D eigenvalue weighted by Gasteiger charge is 2.24. The van der Waals surface area contributed by atoms with Crippen molar-refractivity contribution in [2.45, 2.75) is 10.1 Å². The molecule has 3 rings (SSSR count). The first-order valence-electron chi connectivity index (χ1n) is 9.31. The molecular weight excluding hydrogens is 400 g/mol. The molecule has 0 saturated carbocycles. The van der Waals surface area contributed by atoms with Crippen LogP contribution in [0.5, 0.6) is 11.5 Å². The van der Waals surface area contributed by atoms with Crippen LogP contribution >= 0.6 is 11.8 Å². The van der Waals surface area contributed by atoms with Crippen molar-refractivity contribution in [3.8, 4) is 11.5 Å². The first-order chi connectivity index (χ1) is 14.6. The van der Waals surface area contributed by atoms with E-state index in [4.69, 9.17) is 14.2 Å². The quantitative estimate of drug-likeness (QED) is 0.276. The van der Waals surface area contributed by atoms with Crippen molar-refractivity contribution in [2.75, 3.05) is 20.8 Å². The lowest BCUT2D eigenvalue weighted by molar-refractivity contribution is -0.142. The van der Waals surface area contributed by atoms with E-state index in [9.17, 15) is 9.59 Å². The molecule has 0 aliphatic carbocycles. The van der Waals surface area contributed by atoms with Gasteiger partial charge in [0.05, 0.1) is 14.2 Å². The van der Waals surface area contributed by atoms with Gasteiger partial charge in [-0.1, -0.05) is 48.5 Å². The number of thioether (sulfide) groups is 1. The monoisotopic (exact) mass is 422 g/mol. The van der Waals surface area contributed by atoms with Gasteiger partial charge >= 0.3 is 5.97 Å². The Morgan fingerprint density at radius 2 is 1.47 bits per heavy atom. The van der Waals surface area contributed by atoms with Gasteiger partial charge in [-0.15, -0.1) is 11.8 Å². The third-order valence-corrected chi connectivity index (χ3v) is 5.61. The second-order valence-electron chi connectivity index (χ2n) is 6.32. The number of ether oxygens (including phenoxy) is 3. The van der Waals surface area contributed by atoms with Crippen molar-refractivity contribution in [2.24, 2.45) is 0 Å². The van der Waals surface area contributed by atoms with Crippen LogP contribution in [-0.2, 0) is 9.53 Å². The molecule has 0 heterocycles. The van der Waals surface area contributed by atoms with Gasteiger partial charge in [0, 0.05) is 10.5 Å². The van der Waals surface area contributed by atoms with Gasteiger partial charge in [0.25, 0.3) is 0 Å². The fourth-order valence-electron chi connectivity index (χ4n) is 2.82. The van der Waals surface area contributed by atoms with Gasteiger partial charge in [-0.05, 0) is 35.9 Å². The number of Topliss-reactive ketones (excluding diaryl/α,β-unsaturated/α-hetero) is 1. The second kappa shape index (κ2) is 10.5. The predicted octanol–water partition coefficient (Wildman–Crippen LogP) is 4.96. The summed E-state index contributed by atoms with van der Waals surface area (Å²) in [5, 5.41) is -0.577. The van der Waals surface area contributed by atoms with Gasteiger partial charge in [0.2, 0.25) is 0 Å². The molecule has 1 unspecified atom stereocenters. The number of hydrogen-bond acceptors (Lipinski definition) is 6. The van der Waals surface area contributed by atoms with Crippen LogP contribution in [0.1, 0.15) is 21.2 Å². The van der Waals surface area contributed by atoms with E-state index in [0.717, 1.165) is 10.5 Å². The SMILES string of the molecule is COc1ccc(C(=O)COC(=O)C(Sc2ccccc2)c2ccccc2)cc1OC. The zero-order valence-electron chi connectivity index (χ0n) is 16.7. The minimum absolute atomic E-state index is 0.319. The summed E-state index contributed by atoms with van der Waals surface area (Å²) in [6, 6.07) is 23.8. The molecule has 0 saturated heterocycles. The van der Waals surface area contributed by atoms with Crippen LogP contribution in [0.3, 0.4) is 0 Å². The van der Waals surface area contributed by atoms with Crippen LogP contribution in [0.15, 0.2) is 83.8 Å². The maximum absolute atomic E-state index is 12.9. The molecule has 6 heteroatoms. The molecule has 0 spiro atoms. The van der Waals surface area contributed by atoms with Crippen molar-refractivity contribution in [3.63, 3.8) is 0 Å².